The van der Waals surface area contributed by atoms with Crippen LogP contribution in [0.1, 0.15) is 25.3 Å². The molecule has 2 heterocycles. The minimum atomic E-state index is -0.257. The minimum Gasteiger partial charge on any atom is -0.385 e. The van der Waals surface area contributed by atoms with Gasteiger partial charge in [0, 0.05) is 32.0 Å². The topological polar surface area (TPSA) is 80.2 Å². The summed E-state index contributed by atoms with van der Waals surface area (Å²) < 4.78 is 6.59. The Kier molecular flexibility index (Phi) is 6.16. The van der Waals surface area contributed by atoms with Gasteiger partial charge in [0.1, 0.15) is 0 Å². The van der Waals surface area contributed by atoms with Gasteiger partial charge in [-0.1, -0.05) is 30.0 Å². The molecule has 140 valence electrons. The average Bonchev–Trinajstić information content (AvgIpc) is 3.00. The Balaban J connectivity index is 1.69. The Morgan fingerprint density at radius 1 is 1.42 bits per heavy atom. The van der Waals surface area contributed by atoms with Crippen LogP contribution in [0.25, 0.3) is 0 Å². The van der Waals surface area contributed by atoms with Crippen LogP contribution >= 0.6 is 11.8 Å². The number of benzene rings is 1. The molecule has 26 heavy (non-hydrogen) atoms. The van der Waals surface area contributed by atoms with Crippen molar-refractivity contribution in [2.45, 2.75) is 43.9 Å². The van der Waals surface area contributed by atoms with Crippen LogP contribution in [0.2, 0.25) is 0 Å². The van der Waals surface area contributed by atoms with Crippen molar-refractivity contribution >= 4 is 23.4 Å². The number of nitrogens with one attached hydrogen (secondary N) is 1. The van der Waals surface area contributed by atoms with E-state index < -0.39 is 0 Å². The number of aryl methyl sites for hydroxylation is 1. The van der Waals surface area contributed by atoms with Crippen LogP contribution < -0.4 is 10.6 Å². The fourth-order valence-corrected chi connectivity index (χ4v) is 4.07. The highest BCUT2D eigenvalue weighted by Crippen LogP contribution is 2.31. The number of para-hydroxylation sites is 1. The molecule has 0 saturated carbocycles. The van der Waals surface area contributed by atoms with Gasteiger partial charge in [-0.15, -0.1) is 5.10 Å². The number of carbonyl (C=O) groups excluding carboxylic acids is 1. The zero-order chi connectivity index (χ0) is 18.5. The van der Waals surface area contributed by atoms with Gasteiger partial charge in [-0.05, 0) is 37.8 Å². The summed E-state index contributed by atoms with van der Waals surface area (Å²) >= 11 is 1.29. The van der Waals surface area contributed by atoms with Crippen molar-refractivity contribution in [3.63, 3.8) is 0 Å². The van der Waals surface area contributed by atoms with Crippen LogP contribution in [-0.2, 0) is 22.5 Å². The first kappa shape index (κ1) is 18.7. The predicted molar refractivity (Wildman–Crippen MR) is 102 cm³/mol. The van der Waals surface area contributed by atoms with Crippen molar-refractivity contribution < 1.29 is 9.53 Å². The number of H-pyrrole nitrogens is 1. The molecule has 3 rings (SSSR count). The standard InChI is InChI=1S/C18H24N4O3S/c1-13-8-9-14-6-3-4-7-15(14)22(13)16(23)12-26-18-20-19-17(24)21(18)10-5-11-25-2/h3-4,6-7,13H,5,8-12H2,1-2H3,(H,19,24). The van der Waals surface area contributed by atoms with E-state index in [-0.39, 0.29) is 23.4 Å². The van der Waals surface area contributed by atoms with E-state index in [0.717, 1.165) is 18.5 Å². The smallest absolute Gasteiger partial charge is 0.343 e. The minimum absolute atomic E-state index is 0.0357. The van der Waals surface area contributed by atoms with Gasteiger partial charge in [-0.2, -0.15) is 0 Å². The van der Waals surface area contributed by atoms with Crippen LogP contribution in [0.3, 0.4) is 0 Å². The third-order valence-electron chi connectivity index (χ3n) is 4.57. The molecule has 0 fully saturated rings. The van der Waals surface area contributed by atoms with Gasteiger partial charge in [0.25, 0.3) is 0 Å². The maximum absolute atomic E-state index is 12.9. The van der Waals surface area contributed by atoms with Gasteiger partial charge in [-0.3, -0.25) is 9.36 Å². The monoisotopic (exact) mass is 376 g/mol. The summed E-state index contributed by atoms with van der Waals surface area (Å²) in [6.07, 6.45) is 2.66. The molecule has 2 aromatic rings. The van der Waals surface area contributed by atoms with Gasteiger partial charge >= 0.3 is 5.69 Å². The predicted octanol–water partition coefficient (Wildman–Crippen LogP) is 2.07. The Hall–Kier alpha value is -2.06. The summed E-state index contributed by atoms with van der Waals surface area (Å²) in [6.45, 7) is 3.17. The first-order chi connectivity index (χ1) is 12.6. The number of carbonyl (C=O) groups is 1. The number of aromatic nitrogens is 3. The summed E-state index contributed by atoms with van der Waals surface area (Å²) in [5.41, 5.74) is 1.95. The van der Waals surface area contributed by atoms with Crippen LogP contribution in [0, 0.1) is 0 Å². The number of ether oxygens (including phenoxy) is 1. The van der Waals surface area contributed by atoms with Crippen molar-refractivity contribution in [2.24, 2.45) is 0 Å². The second-order valence-electron chi connectivity index (χ2n) is 6.38. The molecule has 0 bridgehead atoms. The number of methoxy groups -OCH3 is 1. The molecule has 8 heteroatoms. The van der Waals surface area contributed by atoms with Gasteiger partial charge in [0.15, 0.2) is 5.16 Å². The van der Waals surface area contributed by atoms with Gasteiger partial charge in [-0.25, -0.2) is 9.89 Å². The molecular weight excluding hydrogens is 352 g/mol. The number of hydrogen-bond donors (Lipinski definition) is 1. The Morgan fingerprint density at radius 2 is 2.23 bits per heavy atom. The van der Waals surface area contributed by atoms with Crippen LogP contribution in [0.15, 0.2) is 34.2 Å². The average molecular weight is 376 g/mol. The highest BCUT2D eigenvalue weighted by atomic mass is 32.2. The van der Waals surface area contributed by atoms with Crippen molar-refractivity contribution in [2.75, 3.05) is 24.4 Å². The second-order valence-corrected chi connectivity index (χ2v) is 7.32. The summed E-state index contributed by atoms with van der Waals surface area (Å²) in [6, 6.07) is 8.22. The lowest BCUT2D eigenvalue weighted by Gasteiger charge is -2.35. The van der Waals surface area contributed by atoms with E-state index in [1.807, 2.05) is 23.1 Å². The van der Waals surface area contributed by atoms with E-state index in [4.69, 9.17) is 4.74 Å². The number of hydrogen-bond acceptors (Lipinski definition) is 5. The van der Waals surface area contributed by atoms with E-state index in [1.165, 1.54) is 17.3 Å². The molecular formula is C18H24N4O3S. The lowest BCUT2D eigenvalue weighted by atomic mass is 9.97. The number of nitrogens with zero attached hydrogens (tertiary/aromatic N) is 3. The highest BCUT2D eigenvalue weighted by molar-refractivity contribution is 7.99. The maximum atomic E-state index is 12.9. The molecule has 1 aliphatic rings. The van der Waals surface area contributed by atoms with Gasteiger partial charge in [0.2, 0.25) is 5.91 Å². The van der Waals surface area contributed by atoms with Crippen molar-refractivity contribution in [3.8, 4) is 0 Å². The number of thioether (sulfide) groups is 1. The van der Waals surface area contributed by atoms with Gasteiger partial charge < -0.3 is 9.64 Å². The Labute approximate surface area is 156 Å². The van der Waals surface area contributed by atoms with E-state index in [9.17, 15) is 9.59 Å². The highest BCUT2D eigenvalue weighted by Gasteiger charge is 2.28. The fourth-order valence-electron chi connectivity index (χ4n) is 3.24. The zero-order valence-electron chi connectivity index (χ0n) is 15.1. The van der Waals surface area contributed by atoms with Crippen molar-refractivity contribution in [1.29, 1.82) is 0 Å². The van der Waals surface area contributed by atoms with E-state index in [0.29, 0.717) is 24.7 Å². The normalized spacial score (nSPS) is 16.5. The molecule has 1 amide bonds. The first-order valence-corrected chi connectivity index (χ1v) is 9.77. The first-order valence-electron chi connectivity index (χ1n) is 8.78. The lowest BCUT2D eigenvalue weighted by Crippen LogP contribution is -2.43. The van der Waals surface area contributed by atoms with E-state index >= 15 is 0 Å². The molecule has 0 saturated heterocycles. The van der Waals surface area contributed by atoms with Gasteiger partial charge in [0.05, 0.1) is 5.75 Å². The third-order valence-corrected chi connectivity index (χ3v) is 5.53. The van der Waals surface area contributed by atoms with E-state index in [2.05, 4.69) is 23.2 Å². The molecule has 1 aromatic heterocycles. The molecule has 1 aromatic carbocycles. The number of amides is 1. The molecule has 0 radical (unpaired) electrons. The Bertz CT molecular complexity index is 817. The maximum Gasteiger partial charge on any atom is 0.343 e. The molecule has 1 atom stereocenters. The lowest BCUT2D eigenvalue weighted by molar-refractivity contribution is -0.116. The molecule has 1 unspecified atom stereocenters. The fraction of sp³-hybridized carbons (Fsp3) is 0.500. The van der Waals surface area contributed by atoms with Crippen LogP contribution in [0.4, 0.5) is 5.69 Å². The zero-order valence-corrected chi connectivity index (χ0v) is 15.9. The summed E-state index contributed by atoms with van der Waals surface area (Å²) in [5.74, 6) is 0.279. The van der Waals surface area contributed by atoms with E-state index in [1.54, 1.807) is 11.7 Å². The molecule has 1 aliphatic heterocycles. The molecule has 7 nitrogen and oxygen atoms in total. The molecule has 1 N–H and O–H groups in total. The van der Waals surface area contributed by atoms with Crippen molar-refractivity contribution in [1.82, 2.24) is 14.8 Å². The Morgan fingerprint density at radius 3 is 3.04 bits per heavy atom. The number of rotatable bonds is 7. The van der Waals surface area contributed by atoms with Crippen LogP contribution in [0.5, 0.6) is 0 Å². The largest absolute Gasteiger partial charge is 0.385 e. The second kappa shape index (κ2) is 8.55. The summed E-state index contributed by atoms with van der Waals surface area (Å²) in [7, 11) is 1.63. The third kappa shape index (κ3) is 4.02. The number of aromatic amines is 1. The number of fused-ring (bicyclic) bond motifs is 1. The SMILES string of the molecule is COCCCn1c(SCC(=O)N2c3ccccc3CCC2C)n[nH]c1=O. The number of anilines is 1. The van der Waals surface area contributed by atoms with Crippen molar-refractivity contribution in [3.05, 3.63) is 40.3 Å². The summed E-state index contributed by atoms with van der Waals surface area (Å²) in [4.78, 5) is 26.7. The molecule has 0 aliphatic carbocycles. The van der Waals surface area contributed by atoms with Crippen LogP contribution in [-0.4, -0.2) is 46.2 Å². The molecule has 0 spiro atoms. The summed E-state index contributed by atoms with van der Waals surface area (Å²) in [5, 5.41) is 7.05. The quantitative estimate of drug-likeness (QED) is 0.591.